The zero-order valence-electron chi connectivity index (χ0n) is 15.7. The zero-order valence-corrected chi connectivity index (χ0v) is 16.5. The number of non-ortho nitro benzene ring substituents is 1. The molecule has 0 bridgehead atoms. The maximum atomic E-state index is 12.4. The predicted molar refractivity (Wildman–Crippen MR) is 117 cm³/mol. The molecule has 5 rings (SSSR count). The zero-order chi connectivity index (χ0) is 20.7. The number of aromatic nitrogens is 1. The second-order valence-electron chi connectivity index (χ2n) is 7.01. The summed E-state index contributed by atoms with van der Waals surface area (Å²) < 4.78 is 0. The third-order valence-corrected chi connectivity index (χ3v) is 5.89. The fourth-order valence-electron chi connectivity index (χ4n) is 3.70. The van der Waals surface area contributed by atoms with Crippen LogP contribution in [-0.2, 0) is 6.42 Å². The van der Waals surface area contributed by atoms with Gasteiger partial charge in [0.2, 0.25) is 0 Å². The van der Waals surface area contributed by atoms with Crippen molar-refractivity contribution in [2.45, 2.75) is 6.42 Å². The van der Waals surface area contributed by atoms with Crippen molar-refractivity contribution in [1.29, 1.82) is 0 Å². The minimum atomic E-state index is -0.523. The lowest BCUT2D eigenvalue weighted by atomic mass is 10.0. The van der Waals surface area contributed by atoms with E-state index in [2.05, 4.69) is 46.7 Å². The minimum Gasteiger partial charge on any atom is -0.298 e. The number of carbonyl (C=O) groups excluding carboxylic acids is 1. The first-order valence-corrected chi connectivity index (χ1v) is 10.2. The molecule has 1 N–H and O–H groups in total. The third-order valence-electron chi connectivity index (χ3n) is 5.13. The van der Waals surface area contributed by atoms with Crippen molar-refractivity contribution in [3.63, 3.8) is 0 Å². The number of carbonyl (C=O) groups is 1. The molecular formula is C23H15N3O3S. The Kier molecular flexibility index (Phi) is 4.37. The number of nitrogens with one attached hydrogen (secondary N) is 1. The number of hydrogen-bond acceptors (Lipinski definition) is 5. The Hall–Kier alpha value is -3.84. The van der Waals surface area contributed by atoms with Crippen LogP contribution in [0.5, 0.6) is 0 Å². The number of thiazole rings is 1. The van der Waals surface area contributed by atoms with Crippen molar-refractivity contribution in [2.75, 3.05) is 5.32 Å². The molecule has 0 aliphatic heterocycles. The normalized spacial score (nSPS) is 11.6. The number of benzene rings is 3. The van der Waals surface area contributed by atoms with E-state index in [1.165, 1.54) is 57.9 Å². The Balaban J connectivity index is 1.36. The van der Waals surface area contributed by atoms with Gasteiger partial charge in [-0.1, -0.05) is 42.5 Å². The van der Waals surface area contributed by atoms with Gasteiger partial charge >= 0.3 is 0 Å². The monoisotopic (exact) mass is 413 g/mol. The molecule has 1 aromatic heterocycles. The van der Waals surface area contributed by atoms with Gasteiger partial charge in [0, 0.05) is 28.6 Å². The Morgan fingerprint density at radius 2 is 1.83 bits per heavy atom. The van der Waals surface area contributed by atoms with Crippen LogP contribution in [-0.4, -0.2) is 15.8 Å². The van der Waals surface area contributed by atoms with Crippen molar-refractivity contribution >= 4 is 28.1 Å². The molecule has 0 saturated carbocycles. The highest BCUT2D eigenvalue weighted by Crippen LogP contribution is 2.38. The Bertz CT molecular complexity index is 1310. The molecule has 1 heterocycles. The standard InChI is InChI=1S/C23H15N3O3S/c27-22(16-5-3-6-18(12-16)26(28)29)25-23-24-21(13-30-23)15-8-9-20-17(11-15)10-14-4-1-2-7-19(14)20/h1-9,11-13H,10H2,(H,24,25,27). The molecule has 0 fully saturated rings. The maximum Gasteiger partial charge on any atom is 0.270 e. The molecule has 0 spiro atoms. The van der Waals surface area contributed by atoms with Gasteiger partial charge in [-0.15, -0.1) is 11.3 Å². The van der Waals surface area contributed by atoms with Crippen LogP contribution in [0.25, 0.3) is 22.4 Å². The van der Waals surface area contributed by atoms with E-state index in [1.54, 1.807) is 0 Å². The summed E-state index contributed by atoms with van der Waals surface area (Å²) in [5.41, 5.74) is 7.00. The molecule has 7 heteroatoms. The number of nitrogens with zero attached hydrogens (tertiary/aromatic N) is 2. The lowest BCUT2D eigenvalue weighted by Gasteiger charge is -2.04. The summed E-state index contributed by atoms with van der Waals surface area (Å²) in [7, 11) is 0. The van der Waals surface area contributed by atoms with Crippen LogP contribution in [0, 0.1) is 10.1 Å². The van der Waals surface area contributed by atoms with Crippen LogP contribution in [0.2, 0.25) is 0 Å². The lowest BCUT2D eigenvalue weighted by Crippen LogP contribution is -2.11. The topological polar surface area (TPSA) is 85.1 Å². The van der Waals surface area contributed by atoms with Crippen molar-refractivity contribution in [1.82, 2.24) is 4.98 Å². The Morgan fingerprint density at radius 3 is 2.70 bits per heavy atom. The van der Waals surface area contributed by atoms with Gasteiger partial charge in [-0.05, 0) is 40.8 Å². The highest BCUT2D eigenvalue weighted by Gasteiger charge is 2.19. The fraction of sp³-hybridized carbons (Fsp3) is 0.0435. The number of hydrogen-bond donors (Lipinski definition) is 1. The molecule has 146 valence electrons. The molecule has 4 aromatic rings. The molecule has 1 aliphatic carbocycles. The number of fused-ring (bicyclic) bond motifs is 3. The molecule has 0 unspecified atom stereocenters. The van der Waals surface area contributed by atoms with E-state index in [0.717, 1.165) is 17.7 Å². The molecule has 1 aliphatic rings. The summed E-state index contributed by atoms with van der Waals surface area (Å²) in [6.45, 7) is 0. The number of anilines is 1. The number of nitro benzene ring substituents is 1. The first kappa shape index (κ1) is 18.2. The molecule has 30 heavy (non-hydrogen) atoms. The highest BCUT2D eigenvalue weighted by molar-refractivity contribution is 7.14. The summed E-state index contributed by atoms with van der Waals surface area (Å²) in [6, 6.07) is 20.4. The van der Waals surface area contributed by atoms with Gasteiger partial charge in [0.05, 0.1) is 10.6 Å². The molecule has 3 aromatic carbocycles. The van der Waals surface area contributed by atoms with Crippen LogP contribution < -0.4 is 5.32 Å². The van der Waals surface area contributed by atoms with Crippen LogP contribution >= 0.6 is 11.3 Å². The molecular weight excluding hydrogens is 398 g/mol. The minimum absolute atomic E-state index is 0.124. The molecule has 6 nitrogen and oxygen atoms in total. The average Bonchev–Trinajstić information content (AvgIpc) is 3.37. The quantitative estimate of drug-likeness (QED) is 0.310. The maximum absolute atomic E-state index is 12.4. The number of amides is 1. The average molecular weight is 413 g/mol. The van der Waals surface area contributed by atoms with E-state index < -0.39 is 10.8 Å². The van der Waals surface area contributed by atoms with Gasteiger partial charge in [0.15, 0.2) is 5.13 Å². The van der Waals surface area contributed by atoms with Crippen molar-refractivity contribution in [3.05, 3.63) is 98.9 Å². The molecule has 0 radical (unpaired) electrons. The smallest absolute Gasteiger partial charge is 0.270 e. The van der Waals surface area contributed by atoms with Crippen LogP contribution in [0.1, 0.15) is 21.5 Å². The summed E-state index contributed by atoms with van der Waals surface area (Å²) in [4.78, 5) is 27.4. The predicted octanol–water partition coefficient (Wildman–Crippen LogP) is 5.54. The van der Waals surface area contributed by atoms with Crippen LogP contribution in [0.3, 0.4) is 0 Å². The molecule has 1 amide bonds. The van der Waals surface area contributed by atoms with E-state index in [9.17, 15) is 14.9 Å². The van der Waals surface area contributed by atoms with E-state index >= 15 is 0 Å². The molecule has 0 atom stereocenters. The SMILES string of the molecule is O=C(Nc1nc(-c2ccc3c(c2)Cc2ccccc2-3)cs1)c1cccc([N+](=O)[O-])c1. The second kappa shape index (κ2) is 7.20. The van der Waals surface area contributed by atoms with Gasteiger partial charge in [-0.3, -0.25) is 20.2 Å². The van der Waals surface area contributed by atoms with Gasteiger partial charge in [0.1, 0.15) is 0 Å². The summed E-state index contributed by atoms with van der Waals surface area (Å²) in [6.07, 6.45) is 0.903. The van der Waals surface area contributed by atoms with Gasteiger partial charge < -0.3 is 0 Å². The second-order valence-corrected chi connectivity index (χ2v) is 7.86. The first-order chi connectivity index (χ1) is 14.6. The lowest BCUT2D eigenvalue weighted by molar-refractivity contribution is -0.384. The van der Waals surface area contributed by atoms with Gasteiger partial charge in [-0.2, -0.15) is 0 Å². The van der Waals surface area contributed by atoms with Gasteiger partial charge in [-0.25, -0.2) is 4.98 Å². The summed E-state index contributed by atoms with van der Waals surface area (Å²) in [5.74, 6) is -0.427. The van der Waals surface area contributed by atoms with E-state index in [0.29, 0.717) is 5.13 Å². The van der Waals surface area contributed by atoms with Crippen molar-refractivity contribution in [3.8, 4) is 22.4 Å². The summed E-state index contributed by atoms with van der Waals surface area (Å²) >= 11 is 1.32. The highest BCUT2D eigenvalue weighted by atomic mass is 32.1. The summed E-state index contributed by atoms with van der Waals surface area (Å²) in [5, 5.41) is 16.0. The largest absolute Gasteiger partial charge is 0.298 e. The molecule has 0 saturated heterocycles. The third kappa shape index (κ3) is 3.25. The number of nitro groups is 1. The Morgan fingerprint density at radius 1 is 1.00 bits per heavy atom. The van der Waals surface area contributed by atoms with Crippen LogP contribution in [0.15, 0.2) is 72.1 Å². The van der Waals surface area contributed by atoms with Gasteiger partial charge in [0.25, 0.3) is 11.6 Å². The van der Waals surface area contributed by atoms with E-state index in [-0.39, 0.29) is 11.3 Å². The Labute approximate surface area is 176 Å². The van der Waals surface area contributed by atoms with Crippen LogP contribution in [0.4, 0.5) is 10.8 Å². The fourth-order valence-corrected chi connectivity index (χ4v) is 4.41. The number of rotatable bonds is 4. The first-order valence-electron chi connectivity index (χ1n) is 9.31. The van der Waals surface area contributed by atoms with Crippen molar-refractivity contribution in [2.24, 2.45) is 0 Å². The van der Waals surface area contributed by atoms with E-state index in [1.807, 2.05) is 11.4 Å². The van der Waals surface area contributed by atoms with Crippen molar-refractivity contribution < 1.29 is 9.72 Å². The van der Waals surface area contributed by atoms with E-state index in [4.69, 9.17) is 0 Å².